The second kappa shape index (κ2) is 8.42. The lowest BCUT2D eigenvalue weighted by molar-refractivity contribution is 0.0789. The maximum atomic E-state index is 13.3. The van der Waals surface area contributed by atoms with Crippen molar-refractivity contribution in [1.29, 1.82) is 0 Å². The Bertz CT molecular complexity index is 865. The zero-order valence-corrected chi connectivity index (χ0v) is 16.5. The summed E-state index contributed by atoms with van der Waals surface area (Å²) < 4.78 is 13.3. The number of benzene rings is 2. The van der Waals surface area contributed by atoms with Crippen LogP contribution in [0.1, 0.15) is 41.8 Å². The molecule has 5 nitrogen and oxygen atoms in total. The highest BCUT2D eigenvalue weighted by Crippen LogP contribution is 2.24. The first kappa shape index (κ1) is 19.9. The van der Waals surface area contributed by atoms with Crippen LogP contribution in [0.4, 0.5) is 14.9 Å². The van der Waals surface area contributed by atoms with E-state index in [2.05, 4.69) is 19.2 Å². The molecule has 2 aromatic carbocycles. The number of anilines is 1. The molecule has 0 saturated carbocycles. The quantitative estimate of drug-likeness (QED) is 0.827. The van der Waals surface area contributed by atoms with Gasteiger partial charge in [-0.1, -0.05) is 19.9 Å². The van der Waals surface area contributed by atoms with E-state index in [1.54, 1.807) is 47.2 Å². The van der Waals surface area contributed by atoms with Crippen molar-refractivity contribution in [3.05, 3.63) is 65.0 Å². The van der Waals surface area contributed by atoms with E-state index in [1.807, 2.05) is 0 Å². The van der Waals surface area contributed by atoms with Crippen molar-refractivity contribution in [2.45, 2.75) is 33.4 Å². The molecule has 1 heterocycles. The maximum absolute atomic E-state index is 13.3. The highest BCUT2D eigenvalue weighted by molar-refractivity contribution is 5.95. The number of rotatable bonds is 5. The van der Waals surface area contributed by atoms with Gasteiger partial charge in [-0.15, -0.1) is 0 Å². The first-order chi connectivity index (χ1) is 13.3. The minimum absolute atomic E-state index is 0.0319. The lowest BCUT2D eigenvalue weighted by atomic mass is 10.1. The summed E-state index contributed by atoms with van der Waals surface area (Å²) in [6.45, 7) is 5.82. The van der Waals surface area contributed by atoms with Gasteiger partial charge in [0.15, 0.2) is 0 Å². The van der Waals surface area contributed by atoms with Gasteiger partial charge in [-0.2, -0.15) is 0 Å². The van der Waals surface area contributed by atoms with Gasteiger partial charge in [0.2, 0.25) is 0 Å². The number of carbonyl (C=O) groups is 2. The highest BCUT2D eigenvalue weighted by atomic mass is 19.1. The molecule has 6 heteroatoms. The van der Waals surface area contributed by atoms with Crippen molar-refractivity contribution in [2.75, 3.05) is 18.9 Å². The summed E-state index contributed by atoms with van der Waals surface area (Å²) >= 11 is 0. The number of amides is 3. The summed E-state index contributed by atoms with van der Waals surface area (Å²) in [5, 5.41) is 2.84. The second-order valence-electron chi connectivity index (χ2n) is 7.69. The molecule has 0 aromatic heterocycles. The summed E-state index contributed by atoms with van der Waals surface area (Å²) in [4.78, 5) is 28.3. The Hall–Kier alpha value is -2.89. The van der Waals surface area contributed by atoms with Crippen LogP contribution in [0.2, 0.25) is 0 Å². The van der Waals surface area contributed by atoms with Gasteiger partial charge in [-0.05, 0) is 59.9 Å². The molecule has 1 aliphatic heterocycles. The Balaban J connectivity index is 1.57. The van der Waals surface area contributed by atoms with Crippen LogP contribution < -0.4 is 5.32 Å². The summed E-state index contributed by atoms with van der Waals surface area (Å²) in [6, 6.07) is 11.2. The van der Waals surface area contributed by atoms with E-state index in [0.717, 1.165) is 17.5 Å². The molecule has 0 spiro atoms. The maximum Gasteiger partial charge on any atom is 0.322 e. The van der Waals surface area contributed by atoms with Crippen LogP contribution in [0.15, 0.2) is 42.5 Å². The Labute approximate surface area is 165 Å². The standard InChI is InChI=1S/C22H26FN3O2/c1-15(2)10-11-25(3)21(27)16-5-8-20(9-6-16)24-22(28)26-13-17-4-7-19(23)12-18(17)14-26/h4-9,12,15H,10-11,13-14H2,1-3H3,(H,24,28). The SMILES string of the molecule is CC(C)CCN(C)C(=O)c1ccc(NC(=O)N2Cc3ccc(F)cc3C2)cc1. The largest absolute Gasteiger partial charge is 0.342 e. The average Bonchev–Trinajstić information content (AvgIpc) is 3.09. The van der Waals surface area contributed by atoms with Crippen molar-refractivity contribution in [2.24, 2.45) is 5.92 Å². The van der Waals surface area contributed by atoms with Crippen LogP contribution in [0.3, 0.4) is 0 Å². The van der Waals surface area contributed by atoms with Crippen molar-refractivity contribution >= 4 is 17.6 Å². The van der Waals surface area contributed by atoms with E-state index >= 15 is 0 Å². The van der Waals surface area contributed by atoms with E-state index < -0.39 is 0 Å². The number of hydrogen-bond acceptors (Lipinski definition) is 2. The van der Waals surface area contributed by atoms with Gasteiger partial charge in [-0.25, -0.2) is 9.18 Å². The highest BCUT2D eigenvalue weighted by Gasteiger charge is 2.23. The van der Waals surface area contributed by atoms with Gasteiger partial charge in [0.25, 0.3) is 5.91 Å². The van der Waals surface area contributed by atoms with Crippen LogP contribution in [0, 0.1) is 11.7 Å². The van der Waals surface area contributed by atoms with Gasteiger partial charge in [-0.3, -0.25) is 4.79 Å². The molecular weight excluding hydrogens is 357 g/mol. The number of hydrogen-bond donors (Lipinski definition) is 1. The minimum Gasteiger partial charge on any atom is -0.342 e. The van der Waals surface area contributed by atoms with Gasteiger partial charge in [0.05, 0.1) is 0 Å². The first-order valence-corrected chi connectivity index (χ1v) is 9.52. The molecule has 0 fully saturated rings. The van der Waals surface area contributed by atoms with Crippen molar-refractivity contribution < 1.29 is 14.0 Å². The number of nitrogens with one attached hydrogen (secondary N) is 1. The summed E-state index contributed by atoms with van der Waals surface area (Å²) in [6.07, 6.45) is 0.957. The van der Waals surface area contributed by atoms with E-state index in [0.29, 0.717) is 36.8 Å². The summed E-state index contributed by atoms with van der Waals surface area (Å²) in [5.74, 6) is 0.219. The molecule has 3 rings (SSSR count). The lowest BCUT2D eigenvalue weighted by Gasteiger charge is -2.19. The predicted octanol–water partition coefficient (Wildman–Crippen LogP) is 4.49. The van der Waals surface area contributed by atoms with Crippen molar-refractivity contribution in [3.63, 3.8) is 0 Å². The summed E-state index contributed by atoms with van der Waals surface area (Å²) in [5.41, 5.74) is 3.00. The van der Waals surface area contributed by atoms with Crippen LogP contribution >= 0.6 is 0 Å². The van der Waals surface area contributed by atoms with Crippen LogP contribution in [0.5, 0.6) is 0 Å². The third-order valence-corrected chi connectivity index (χ3v) is 4.95. The van der Waals surface area contributed by atoms with E-state index in [9.17, 15) is 14.0 Å². The number of urea groups is 1. The minimum atomic E-state index is -0.292. The smallest absolute Gasteiger partial charge is 0.322 e. The lowest BCUT2D eigenvalue weighted by Crippen LogP contribution is -2.30. The Morgan fingerprint density at radius 2 is 1.79 bits per heavy atom. The van der Waals surface area contributed by atoms with Crippen molar-refractivity contribution in [1.82, 2.24) is 9.80 Å². The molecule has 148 valence electrons. The summed E-state index contributed by atoms with van der Waals surface area (Å²) in [7, 11) is 1.80. The number of halogens is 1. The number of carbonyl (C=O) groups excluding carboxylic acids is 2. The Morgan fingerprint density at radius 3 is 2.46 bits per heavy atom. The molecule has 0 bridgehead atoms. The fourth-order valence-electron chi connectivity index (χ4n) is 3.18. The van der Waals surface area contributed by atoms with Gasteiger partial charge >= 0.3 is 6.03 Å². The van der Waals surface area contributed by atoms with Crippen LogP contribution in [-0.4, -0.2) is 35.3 Å². The average molecular weight is 383 g/mol. The Kier molecular flexibility index (Phi) is 5.97. The third kappa shape index (κ3) is 4.68. The third-order valence-electron chi connectivity index (χ3n) is 4.95. The normalized spacial score (nSPS) is 12.8. The molecule has 0 atom stereocenters. The van der Waals surface area contributed by atoms with E-state index in [4.69, 9.17) is 0 Å². The molecule has 1 N–H and O–H groups in total. The first-order valence-electron chi connectivity index (χ1n) is 9.52. The van der Waals surface area contributed by atoms with Crippen molar-refractivity contribution in [3.8, 4) is 0 Å². The van der Waals surface area contributed by atoms with Crippen LogP contribution in [-0.2, 0) is 13.1 Å². The number of nitrogens with zero attached hydrogens (tertiary/aromatic N) is 2. The second-order valence-corrected chi connectivity index (χ2v) is 7.69. The van der Waals surface area contributed by atoms with Crippen LogP contribution in [0.25, 0.3) is 0 Å². The van der Waals surface area contributed by atoms with Gasteiger partial charge < -0.3 is 15.1 Å². The van der Waals surface area contributed by atoms with Gasteiger partial charge in [0.1, 0.15) is 5.82 Å². The molecule has 28 heavy (non-hydrogen) atoms. The molecule has 0 aliphatic carbocycles. The topological polar surface area (TPSA) is 52.7 Å². The Morgan fingerprint density at radius 1 is 1.11 bits per heavy atom. The molecule has 0 saturated heterocycles. The molecule has 0 unspecified atom stereocenters. The number of fused-ring (bicyclic) bond motifs is 1. The van der Waals surface area contributed by atoms with E-state index in [-0.39, 0.29) is 17.8 Å². The van der Waals surface area contributed by atoms with Gasteiger partial charge in [0, 0.05) is 37.9 Å². The molecule has 2 aromatic rings. The molecular formula is C22H26FN3O2. The zero-order chi connectivity index (χ0) is 20.3. The zero-order valence-electron chi connectivity index (χ0n) is 16.5. The predicted molar refractivity (Wildman–Crippen MR) is 108 cm³/mol. The fraction of sp³-hybridized carbons (Fsp3) is 0.364. The molecule has 1 aliphatic rings. The fourth-order valence-corrected chi connectivity index (χ4v) is 3.18. The molecule has 3 amide bonds. The molecule has 0 radical (unpaired) electrons. The van der Waals surface area contributed by atoms with E-state index in [1.165, 1.54) is 12.1 Å². The monoisotopic (exact) mass is 383 g/mol.